The van der Waals surface area contributed by atoms with Crippen LogP contribution in [0.25, 0.3) is 11.0 Å². The zero-order chi connectivity index (χ0) is 16.6. The van der Waals surface area contributed by atoms with E-state index < -0.39 is 0 Å². The maximum Gasteiger partial charge on any atom is 0.289 e. The molecule has 1 heterocycles. The highest BCUT2D eigenvalue weighted by Crippen LogP contribution is 2.30. The van der Waals surface area contributed by atoms with Crippen molar-refractivity contribution in [3.05, 3.63) is 69.9 Å². The third-order valence-corrected chi connectivity index (χ3v) is 4.43. The third-order valence-electron chi connectivity index (χ3n) is 4.02. The van der Waals surface area contributed by atoms with Crippen molar-refractivity contribution in [1.29, 1.82) is 0 Å². The van der Waals surface area contributed by atoms with Crippen molar-refractivity contribution in [2.45, 2.75) is 20.4 Å². The van der Waals surface area contributed by atoms with Gasteiger partial charge >= 0.3 is 0 Å². The topological polar surface area (TPSA) is 33.5 Å². The first kappa shape index (κ1) is 15.6. The van der Waals surface area contributed by atoms with Gasteiger partial charge in [-0.15, -0.1) is 0 Å². The number of nitrogens with zero attached hydrogens (tertiary/aromatic N) is 1. The molecule has 0 N–H and O–H groups in total. The van der Waals surface area contributed by atoms with Gasteiger partial charge in [0.2, 0.25) is 0 Å². The highest BCUT2D eigenvalue weighted by atomic mass is 35.5. The fourth-order valence-corrected chi connectivity index (χ4v) is 2.81. The second-order valence-corrected chi connectivity index (χ2v) is 6.21. The van der Waals surface area contributed by atoms with Crippen molar-refractivity contribution in [2.24, 2.45) is 0 Å². The van der Waals surface area contributed by atoms with Gasteiger partial charge in [0.05, 0.1) is 0 Å². The van der Waals surface area contributed by atoms with E-state index in [1.165, 1.54) is 0 Å². The van der Waals surface area contributed by atoms with Crippen LogP contribution in [-0.4, -0.2) is 17.9 Å². The Balaban J connectivity index is 1.93. The second kappa shape index (κ2) is 6.09. The molecule has 0 aliphatic carbocycles. The van der Waals surface area contributed by atoms with E-state index in [0.29, 0.717) is 22.9 Å². The molecule has 0 unspecified atom stereocenters. The summed E-state index contributed by atoms with van der Waals surface area (Å²) >= 11 is 6.18. The summed E-state index contributed by atoms with van der Waals surface area (Å²) in [6.45, 7) is 4.35. The molecule has 4 heteroatoms. The quantitative estimate of drug-likeness (QED) is 0.680. The van der Waals surface area contributed by atoms with Crippen molar-refractivity contribution in [2.75, 3.05) is 7.05 Å². The number of carbonyl (C=O) groups is 1. The second-order valence-electron chi connectivity index (χ2n) is 5.80. The number of hydrogen-bond donors (Lipinski definition) is 0. The average Bonchev–Trinajstić information content (AvgIpc) is 2.84. The molecule has 0 saturated carbocycles. The lowest BCUT2D eigenvalue weighted by molar-refractivity contribution is 0.0755. The Morgan fingerprint density at radius 3 is 2.57 bits per heavy atom. The van der Waals surface area contributed by atoms with Crippen molar-refractivity contribution in [3.8, 4) is 0 Å². The number of rotatable bonds is 3. The van der Waals surface area contributed by atoms with Crippen LogP contribution in [0.15, 0.2) is 46.9 Å². The molecule has 0 bridgehead atoms. The van der Waals surface area contributed by atoms with Gasteiger partial charge < -0.3 is 9.32 Å². The lowest BCUT2D eigenvalue weighted by atomic mass is 10.1. The van der Waals surface area contributed by atoms with Crippen LogP contribution >= 0.6 is 11.6 Å². The minimum absolute atomic E-state index is 0.128. The Kier molecular flexibility index (Phi) is 4.14. The van der Waals surface area contributed by atoms with Crippen molar-refractivity contribution in [3.63, 3.8) is 0 Å². The predicted octanol–water partition coefficient (Wildman–Crippen LogP) is 4.98. The molecule has 0 atom stereocenters. The van der Waals surface area contributed by atoms with E-state index in [2.05, 4.69) is 0 Å². The fraction of sp³-hybridized carbons (Fsp3) is 0.211. The SMILES string of the molecule is Cc1cc2oc(C(=O)N(C)Cc3ccccc3)c(C)c2cc1Cl. The zero-order valence-electron chi connectivity index (χ0n) is 13.4. The number of fused-ring (bicyclic) bond motifs is 1. The molecule has 0 aliphatic heterocycles. The van der Waals surface area contributed by atoms with Gasteiger partial charge in [-0.3, -0.25) is 4.79 Å². The number of aryl methyl sites for hydroxylation is 2. The van der Waals surface area contributed by atoms with E-state index in [1.807, 2.05) is 56.3 Å². The van der Waals surface area contributed by atoms with Crippen LogP contribution in [0.1, 0.15) is 27.2 Å². The summed E-state index contributed by atoms with van der Waals surface area (Å²) in [5, 5.41) is 1.56. The van der Waals surface area contributed by atoms with Gasteiger partial charge in [-0.25, -0.2) is 0 Å². The normalized spacial score (nSPS) is 11.0. The van der Waals surface area contributed by atoms with Crippen molar-refractivity contribution in [1.82, 2.24) is 4.90 Å². The number of hydrogen-bond acceptors (Lipinski definition) is 2. The Morgan fingerprint density at radius 2 is 1.87 bits per heavy atom. The van der Waals surface area contributed by atoms with E-state index in [-0.39, 0.29) is 5.91 Å². The summed E-state index contributed by atoms with van der Waals surface area (Å²) in [5.74, 6) is 0.247. The molecule has 1 amide bonds. The lowest BCUT2D eigenvalue weighted by Gasteiger charge is -2.16. The standard InChI is InChI=1S/C19H18ClNO2/c1-12-9-17-15(10-16(12)20)13(2)18(23-17)19(22)21(3)11-14-7-5-4-6-8-14/h4-10H,11H2,1-3H3. The highest BCUT2D eigenvalue weighted by Gasteiger charge is 2.21. The molecule has 3 rings (SSSR count). The van der Waals surface area contributed by atoms with Gasteiger partial charge in [-0.05, 0) is 37.1 Å². The molecule has 0 fully saturated rings. The smallest absolute Gasteiger partial charge is 0.289 e. The van der Waals surface area contributed by atoms with Crippen molar-refractivity contribution < 1.29 is 9.21 Å². The van der Waals surface area contributed by atoms with Crippen LogP contribution in [0.5, 0.6) is 0 Å². The lowest BCUT2D eigenvalue weighted by Crippen LogP contribution is -2.26. The molecule has 3 aromatic rings. The maximum absolute atomic E-state index is 12.7. The number of carbonyl (C=O) groups excluding carboxylic acids is 1. The van der Waals surface area contributed by atoms with Gasteiger partial charge in [0.25, 0.3) is 5.91 Å². The first-order valence-electron chi connectivity index (χ1n) is 7.46. The molecule has 3 nitrogen and oxygen atoms in total. The summed E-state index contributed by atoms with van der Waals surface area (Å²) in [6, 6.07) is 13.6. The van der Waals surface area contributed by atoms with E-state index in [1.54, 1.807) is 11.9 Å². The third kappa shape index (κ3) is 2.97. The summed E-state index contributed by atoms with van der Waals surface area (Å²) in [7, 11) is 1.78. The zero-order valence-corrected chi connectivity index (χ0v) is 14.1. The molecule has 0 spiro atoms. The van der Waals surface area contributed by atoms with Crippen LogP contribution in [0.2, 0.25) is 5.02 Å². The number of benzene rings is 2. The molecular formula is C19H18ClNO2. The van der Waals surface area contributed by atoms with E-state index >= 15 is 0 Å². The summed E-state index contributed by atoms with van der Waals surface area (Å²) in [5.41, 5.74) is 3.54. The Hall–Kier alpha value is -2.26. The number of furan rings is 1. The summed E-state index contributed by atoms with van der Waals surface area (Å²) < 4.78 is 5.81. The Morgan fingerprint density at radius 1 is 1.17 bits per heavy atom. The van der Waals surface area contributed by atoms with Gasteiger partial charge in [-0.1, -0.05) is 41.9 Å². The maximum atomic E-state index is 12.7. The summed E-state index contributed by atoms with van der Waals surface area (Å²) in [4.78, 5) is 14.4. The van der Waals surface area contributed by atoms with Gasteiger partial charge in [-0.2, -0.15) is 0 Å². The Bertz CT molecular complexity index is 868. The minimum Gasteiger partial charge on any atom is -0.451 e. The molecule has 118 valence electrons. The average molecular weight is 328 g/mol. The molecular weight excluding hydrogens is 310 g/mol. The van der Waals surface area contributed by atoms with Gasteiger partial charge in [0, 0.05) is 29.6 Å². The molecule has 23 heavy (non-hydrogen) atoms. The van der Waals surface area contributed by atoms with Gasteiger partial charge in [0.15, 0.2) is 5.76 Å². The van der Waals surface area contributed by atoms with E-state index in [0.717, 1.165) is 22.1 Å². The Labute approximate surface area is 140 Å². The monoisotopic (exact) mass is 327 g/mol. The first-order chi connectivity index (χ1) is 11.0. The van der Waals surface area contributed by atoms with Crippen LogP contribution < -0.4 is 0 Å². The molecule has 0 aliphatic rings. The van der Waals surface area contributed by atoms with Crippen LogP contribution in [-0.2, 0) is 6.54 Å². The molecule has 0 radical (unpaired) electrons. The van der Waals surface area contributed by atoms with Crippen LogP contribution in [0.4, 0.5) is 0 Å². The molecule has 2 aromatic carbocycles. The van der Waals surface area contributed by atoms with E-state index in [9.17, 15) is 4.79 Å². The first-order valence-corrected chi connectivity index (χ1v) is 7.84. The molecule has 0 saturated heterocycles. The fourth-order valence-electron chi connectivity index (χ4n) is 2.65. The van der Waals surface area contributed by atoms with Crippen molar-refractivity contribution >= 4 is 28.5 Å². The van der Waals surface area contributed by atoms with Crippen LogP contribution in [0.3, 0.4) is 0 Å². The number of amides is 1. The minimum atomic E-state index is -0.128. The van der Waals surface area contributed by atoms with Gasteiger partial charge in [0.1, 0.15) is 5.58 Å². The highest BCUT2D eigenvalue weighted by molar-refractivity contribution is 6.32. The van der Waals surface area contributed by atoms with Crippen LogP contribution in [0, 0.1) is 13.8 Å². The predicted molar refractivity (Wildman–Crippen MR) is 92.9 cm³/mol. The largest absolute Gasteiger partial charge is 0.451 e. The summed E-state index contributed by atoms with van der Waals surface area (Å²) in [6.07, 6.45) is 0. The van der Waals surface area contributed by atoms with E-state index in [4.69, 9.17) is 16.0 Å². The molecule has 1 aromatic heterocycles. The number of halogens is 1.